The largest absolute Gasteiger partial charge is 0.534 e. The fourth-order valence-corrected chi connectivity index (χ4v) is 2.45. The fourth-order valence-electron chi connectivity index (χ4n) is 2.00. The molecule has 0 saturated carbocycles. The van der Waals surface area contributed by atoms with Crippen molar-refractivity contribution in [2.75, 3.05) is 0 Å². The Morgan fingerprint density at radius 2 is 1.68 bits per heavy atom. The summed E-state index contributed by atoms with van der Waals surface area (Å²) in [6.45, 7) is 3.59. The number of alkyl halides is 3. The van der Waals surface area contributed by atoms with Crippen molar-refractivity contribution in [2.45, 2.75) is 19.4 Å². The van der Waals surface area contributed by atoms with Gasteiger partial charge in [0.2, 0.25) is 0 Å². The minimum Gasteiger partial charge on any atom is -0.376 e. The molecule has 2 rings (SSSR count). The first-order valence-corrected chi connectivity index (χ1v) is 7.69. The summed E-state index contributed by atoms with van der Waals surface area (Å²) in [5.41, 5.74) is -2.11. The summed E-state index contributed by atoms with van der Waals surface area (Å²) in [4.78, 5) is 0. The molecule has 118 valence electrons. The van der Waals surface area contributed by atoms with E-state index in [1.54, 1.807) is 6.92 Å². The molecule has 3 nitrogen and oxygen atoms in total. The maximum atomic E-state index is 12.3. The number of halogens is 3. The van der Waals surface area contributed by atoms with Gasteiger partial charge in [0.15, 0.2) is 0 Å². The fraction of sp³-hybridized carbons (Fsp3) is 0.200. The van der Waals surface area contributed by atoms with Crippen LogP contribution in [0.1, 0.15) is 11.1 Å². The van der Waals surface area contributed by atoms with E-state index in [-0.39, 0.29) is 5.75 Å². The molecular formula is C15H13F3O3S. The normalized spacial score (nSPS) is 12.2. The molecular weight excluding hydrogens is 317 g/mol. The maximum Gasteiger partial charge on any atom is 0.534 e. The molecule has 7 heteroatoms. The SMILES string of the molecule is Cc1cccc(-c2ccc(OS(=O)(=O)C(F)(F)F)cc2C)c1. The van der Waals surface area contributed by atoms with Gasteiger partial charge in [-0.2, -0.15) is 21.6 Å². The smallest absolute Gasteiger partial charge is 0.376 e. The monoisotopic (exact) mass is 330 g/mol. The summed E-state index contributed by atoms with van der Waals surface area (Å²) in [5, 5.41) is 0. The lowest BCUT2D eigenvalue weighted by Gasteiger charge is -2.12. The first-order chi connectivity index (χ1) is 10.1. The summed E-state index contributed by atoms with van der Waals surface area (Å²) >= 11 is 0. The van der Waals surface area contributed by atoms with E-state index in [1.807, 2.05) is 31.2 Å². The van der Waals surface area contributed by atoms with Crippen LogP contribution in [0.3, 0.4) is 0 Å². The Hall–Kier alpha value is -2.02. The average Bonchev–Trinajstić information content (AvgIpc) is 2.36. The molecule has 0 aliphatic carbocycles. The number of benzene rings is 2. The summed E-state index contributed by atoms with van der Waals surface area (Å²) in [5.74, 6) is -0.369. The van der Waals surface area contributed by atoms with Crippen molar-refractivity contribution in [1.29, 1.82) is 0 Å². The Bertz CT molecular complexity index is 796. The number of hydrogen-bond acceptors (Lipinski definition) is 3. The van der Waals surface area contributed by atoms with Gasteiger partial charge in [-0.15, -0.1) is 0 Å². The minimum absolute atomic E-state index is 0.369. The third-order valence-electron chi connectivity index (χ3n) is 3.02. The minimum atomic E-state index is -5.65. The molecule has 0 saturated heterocycles. The van der Waals surface area contributed by atoms with Crippen LogP contribution in [-0.4, -0.2) is 13.9 Å². The molecule has 0 aliphatic rings. The third kappa shape index (κ3) is 3.41. The summed E-state index contributed by atoms with van der Waals surface area (Å²) in [6, 6.07) is 11.6. The van der Waals surface area contributed by atoms with Crippen molar-refractivity contribution in [3.8, 4) is 16.9 Å². The molecule has 0 unspecified atom stereocenters. The van der Waals surface area contributed by atoms with Crippen molar-refractivity contribution in [2.24, 2.45) is 0 Å². The van der Waals surface area contributed by atoms with Gasteiger partial charge < -0.3 is 4.18 Å². The van der Waals surface area contributed by atoms with Crippen LogP contribution in [0.2, 0.25) is 0 Å². The van der Waals surface area contributed by atoms with E-state index in [2.05, 4.69) is 4.18 Å². The zero-order chi connectivity index (χ0) is 16.5. The van der Waals surface area contributed by atoms with Gasteiger partial charge in [0.25, 0.3) is 0 Å². The molecule has 0 N–H and O–H groups in total. The maximum absolute atomic E-state index is 12.3. The van der Waals surface area contributed by atoms with Gasteiger partial charge in [-0.25, -0.2) is 0 Å². The number of hydrogen-bond donors (Lipinski definition) is 0. The molecule has 0 radical (unpaired) electrons. The van der Waals surface area contributed by atoms with Crippen LogP contribution in [0.4, 0.5) is 13.2 Å². The Labute approximate surface area is 126 Å². The van der Waals surface area contributed by atoms with Gasteiger partial charge in [-0.3, -0.25) is 0 Å². The molecule has 22 heavy (non-hydrogen) atoms. The predicted octanol–water partition coefficient (Wildman–Crippen LogP) is 4.20. The average molecular weight is 330 g/mol. The second kappa shape index (κ2) is 5.64. The topological polar surface area (TPSA) is 43.4 Å². The summed E-state index contributed by atoms with van der Waals surface area (Å²) < 4.78 is 63.0. The highest BCUT2D eigenvalue weighted by molar-refractivity contribution is 7.88. The number of aryl methyl sites for hydroxylation is 2. The second-order valence-corrected chi connectivity index (χ2v) is 6.37. The molecule has 0 spiro atoms. The van der Waals surface area contributed by atoms with Crippen LogP contribution in [-0.2, 0) is 10.1 Å². The second-order valence-electron chi connectivity index (χ2n) is 4.83. The van der Waals surface area contributed by atoms with Crippen molar-refractivity contribution in [3.05, 3.63) is 53.6 Å². The molecule has 0 aliphatic heterocycles. The van der Waals surface area contributed by atoms with Gasteiger partial charge in [-0.05, 0) is 42.7 Å². The summed E-state index contributed by atoms with van der Waals surface area (Å²) in [7, 11) is -5.65. The lowest BCUT2D eigenvalue weighted by Crippen LogP contribution is -2.28. The molecule has 0 amide bonds. The molecule has 0 heterocycles. The van der Waals surface area contributed by atoms with E-state index in [9.17, 15) is 21.6 Å². The van der Waals surface area contributed by atoms with Crippen LogP contribution in [0.5, 0.6) is 5.75 Å². The Balaban J connectivity index is 2.35. The molecule has 0 fully saturated rings. The van der Waals surface area contributed by atoms with Crippen molar-refractivity contribution < 1.29 is 25.8 Å². The van der Waals surface area contributed by atoms with Gasteiger partial charge in [0.1, 0.15) is 5.75 Å². The van der Waals surface area contributed by atoms with Crippen molar-refractivity contribution in [3.63, 3.8) is 0 Å². The predicted molar refractivity (Wildman–Crippen MR) is 77.0 cm³/mol. The van der Waals surface area contributed by atoms with Crippen molar-refractivity contribution in [1.82, 2.24) is 0 Å². The highest BCUT2D eigenvalue weighted by Gasteiger charge is 2.48. The number of rotatable bonds is 3. The van der Waals surface area contributed by atoms with Gasteiger partial charge in [0.05, 0.1) is 0 Å². The van der Waals surface area contributed by atoms with E-state index in [0.717, 1.165) is 16.7 Å². The molecule has 2 aromatic carbocycles. The molecule has 0 atom stereocenters. The standard InChI is InChI=1S/C15H13F3O3S/c1-10-4-3-5-12(8-10)14-7-6-13(9-11(14)2)21-22(19,20)15(16,17)18/h3-9H,1-2H3. The van der Waals surface area contributed by atoms with Crippen LogP contribution in [0.25, 0.3) is 11.1 Å². The molecule has 0 bridgehead atoms. The molecule has 0 aromatic heterocycles. The highest BCUT2D eigenvalue weighted by atomic mass is 32.2. The van der Waals surface area contributed by atoms with E-state index in [4.69, 9.17) is 0 Å². The Kier molecular flexibility index (Phi) is 4.19. The third-order valence-corrected chi connectivity index (χ3v) is 4.00. The lowest BCUT2D eigenvalue weighted by atomic mass is 9.99. The quantitative estimate of drug-likeness (QED) is 0.626. The van der Waals surface area contributed by atoms with Crippen molar-refractivity contribution >= 4 is 10.1 Å². The van der Waals surface area contributed by atoms with Crippen LogP contribution in [0.15, 0.2) is 42.5 Å². The van der Waals surface area contributed by atoms with Crippen LogP contribution < -0.4 is 4.18 Å². The van der Waals surface area contributed by atoms with E-state index < -0.39 is 15.6 Å². The summed E-state index contributed by atoms with van der Waals surface area (Å²) in [6.07, 6.45) is 0. The first kappa shape index (κ1) is 16.4. The van der Waals surface area contributed by atoms with Crippen LogP contribution >= 0.6 is 0 Å². The van der Waals surface area contributed by atoms with E-state index in [1.165, 1.54) is 18.2 Å². The van der Waals surface area contributed by atoms with Crippen LogP contribution in [0, 0.1) is 13.8 Å². The Morgan fingerprint density at radius 3 is 2.23 bits per heavy atom. The van der Waals surface area contributed by atoms with E-state index in [0.29, 0.717) is 5.56 Å². The van der Waals surface area contributed by atoms with Gasteiger partial charge >= 0.3 is 15.6 Å². The van der Waals surface area contributed by atoms with Gasteiger partial charge in [-0.1, -0.05) is 35.9 Å². The first-order valence-electron chi connectivity index (χ1n) is 6.28. The zero-order valence-electron chi connectivity index (χ0n) is 11.8. The highest BCUT2D eigenvalue weighted by Crippen LogP contribution is 2.31. The molecule has 2 aromatic rings. The Morgan fingerprint density at radius 1 is 1.00 bits per heavy atom. The van der Waals surface area contributed by atoms with Gasteiger partial charge in [0, 0.05) is 0 Å². The van der Waals surface area contributed by atoms with E-state index >= 15 is 0 Å². The zero-order valence-corrected chi connectivity index (χ0v) is 12.6. The lowest BCUT2D eigenvalue weighted by molar-refractivity contribution is -0.0500.